The molecule has 0 spiro atoms. The average Bonchev–Trinajstić information content (AvgIpc) is 2.29. The van der Waals surface area contributed by atoms with Crippen LogP contribution < -0.4 is 4.74 Å². The van der Waals surface area contributed by atoms with Crippen molar-refractivity contribution in [3.8, 4) is 5.75 Å². The summed E-state index contributed by atoms with van der Waals surface area (Å²) in [7, 11) is 0. The van der Waals surface area contributed by atoms with Crippen LogP contribution in [0.25, 0.3) is 6.08 Å². The third-order valence-corrected chi connectivity index (χ3v) is 1.83. The Balaban J connectivity index is 2.79. The van der Waals surface area contributed by atoms with Crippen molar-refractivity contribution in [1.82, 2.24) is 0 Å². The van der Waals surface area contributed by atoms with Gasteiger partial charge in [-0.3, -0.25) is 0 Å². The van der Waals surface area contributed by atoms with E-state index in [1.54, 1.807) is 24.3 Å². The lowest BCUT2D eigenvalue weighted by Crippen LogP contribution is -1.91. The summed E-state index contributed by atoms with van der Waals surface area (Å²) < 4.78 is 5.54. The minimum Gasteiger partial charge on any atom is -0.457 e. The lowest BCUT2D eigenvalue weighted by Gasteiger charge is -2.05. The quantitative estimate of drug-likeness (QED) is 0.514. The Hall–Kier alpha value is -2.02. The van der Waals surface area contributed by atoms with Crippen molar-refractivity contribution in [2.24, 2.45) is 0 Å². The Bertz CT molecular complexity index is 382. The summed E-state index contributed by atoms with van der Waals surface area (Å²) in [5.74, 6) is 1.45. The lowest BCUT2D eigenvalue weighted by molar-refractivity contribution is 0.445. The van der Waals surface area contributed by atoms with E-state index in [4.69, 9.17) is 4.74 Å². The monoisotopic (exact) mass is 198 g/mol. The Morgan fingerprint density at radius 2 is 1.73 bits per heavy atom. The highest BCUT2D eigenvalue weighted by Gasteiger charge is 1.95. The summed E-state index contributed by atoms with van der Waals surface area (Å²) in [6.45, 7) is 10.9. The maximum atomic E-state index is 5.54. The van der Waals surface area contributed by atoms with Crippen molar-refractivity contribution in [1.29, 1.82) is 0 Å². The van der Waals surface area contributed by atoms with Crippen molar-refractivity contribution in [3.63, 3.8) is 0 Å². The molecule has 0 aliphatic heterocycles. The van der Waals surface area contributed by atoms with Gasteiger partial charge in [0.2, 0.25) is 0 Å². The number of hydrogen-bond acceptors (Lipinski definition) is 1. The van der Waals surface area contributed by atoms with Crippen molar-refractivity contribution in [2.75, 3.05) is 0 Å². The summed E-state index contributed by atoms with van der Waals surface area (Å²) >= 11 is 0. The predicted octanol–water partition coefficient (Wildman–Crippen LogP) is 3.96. The standard InChI is InChI=1S/C14H14O/c1-4-7-13(6-3)15-14-10-8-12(5-2)9-11-14/h4-11H,1-3H2. The van der Waals surface area contributed by atoms with Gasteiger partial charge in [-0.15, -0.1) is 0 Å². The topological polar surface area (TPSA) is 9.23 Å². The van der Waals surface area contributed by atoms with Gasteiger partial charge in [0.25, 0.3) is 0 Å². The van der Waals surface area contributed by atoms with E-state index in [0.717, 1.165) is 11.3 Å². The minimum atomic E-state index is 0.677. The van der Waals surface area contributed by atoms with Crippen LogP contribution >= 0.6 is 0 Å². The van der Waals surface area contributed by atoms with Crippen molar-refractivity contribution < 1.29 is 4.74 Å². The molecule has 0 heterocycles. The highest BCUT2D eigenvalue weighted by Crippen LogP contribution is 2.16. The summed E-state index contributed by atoms with van der Waals surface area (Å²) in [4.78, 5) is 0. The molecule has 0 radical (unpaired) electrons. The number of ether oxygens (including phenoxy) is 1. The molecule has 0 unspecified atom stereocenters. The molecular weight excluding hydrogens is 184 g/mol. The van der Waals surface area contributed by atoms with E-state index in [1.807, 2.05) is 24.3 Å². The van der Waals surface area contributed by atoms with Crippen LogP contribution in [0.3, 0.4) is 0 Å². The smallest absolute Gasteiger partial charge is 0.127 e. The molecule has 0 aliphatic carbocycles. The molecule has 76 valence electrons. The SMILES string of the molecule is C=CC=C(C=C)Oc1ccc(C=C)cc1. The van der Waals surface area contributed by atoms with Gasteiger partial charge in [-0.2, -0.15) is 0 Å². The first kappa shape index (κ1) is 11.1. The molecule has 0 atom stereocenters. The van der Waals surface area contributed by atoms with Gasteiger partial charge >= 0.3 is 0 Å². The van der Waals surface area contributed by atoms with Crippen LogP contribution in [0.1, 0.15) is 5.56 Å². The average molecular weight is 198 g/mol. The highest BCUT2D eigenvalue weighted by molar-refractivity contribution is 5.48. The number of rotatable bonds is 5. The maximum Gasteiger partial charge on any atom is 0.127 e. The molecule has 0 saturated heterocycles. The van der Waals surface area contributed by atoms with Gasteiger partial charge in [-0.05, 0) is 29.8 Å². The zero-order valence-corrected chi connectivity index (χ0v) is 8.65. The largest absolute Gasteiger partial charge is 0.457 e. The van der Waals surface area contributed by atoms with E-state index >= 15 is 0 Å². The molecule has 0 aliphatic rings. The van der Waals surface area contributed by atoms with Crippen molar-refractivity contribution >= 4 is 6.08 Å². The van der Waals surface area contributed by atoms with Gasteiger partial charge in [0.05, 0.1) is 0 Å². The normalized spacial score (nSPS) is 10.5. The molecular formula is C14H14O. The fraction of sp³-hybridized carbons (Fsp3) is 0. The Labute approximate surface area is 90.7 Å². The summed E-state index contributed by atoms with van der Waals surface area (Å²) in [5.41, 5.74) is 1.07. The predicted molar refractivity (Wildman–Crippen MR) is 65.6 cm³/mol. The zero-order chi connectivity index (χ0) is 11.1. The van der Waals surface area contributed by atoms with Crippen LogP contribution in [0, 0.1) is 0 Å². The van der Waals surface area contributed by atoms with Gasteiger partial charge < -0.3 is 4.74 Å². The van der Waals surface area contributed by atoms with E-state index < -0.39 is 0 Å². The zero-order valence-electron chi connectivity index (χ0n) is 8.65. The van der Waals surface area contributed by atoms with E-state index in [9.17, 15) is 0 Å². The third-order valence-electron chi connectivity index (χ3n) is 1.83. The molecule has 1 nitrogen and oxygen atoms in total. The van der Waals surface area contributed by atoms with Gasteiger partial charge in [0.15, 0.2) is 0 Å². The third kappa shape index (κ3) is 3.31. The molecule has 1 rings (SSSR count). The molecule has 0 saturated carbocycles. The van der Waals surface area contributed by atoms with Crippen LogP contribution in [-0.2, 0) is 0 Å². The molecule has 0 amide bonds. The van der Waals surface area contributed by atoms with Gasteiger partial charge in [-0.25, -0.2) is 0 Å². The Morgan fingerprint density at radius 1 is 1.07 bits per heavy atom. The maximum absolute atomic E-state index is 5.54. The lowest BCUT2D eigenvalue weighted by atomic mass is 10.2. The van der Waals surface area contributed by atoms with Crippen LogP contribution in [0.5, 0.6) is 5.75 Å². The first-order chi connectivity index (χ1) is 7.30. The molecule has 1 aromatic rings. The molecule has 0 bridgehead atoms. The Morgan fingerprint density at radius 3 is 2.20 bits per heavy atom. The molecule has 1 aromatic carbocycles. The number of benzene rings is 1. The van der Waals surface area contributed by atoms with Crippen LogP contribution in [0.2, 0.25) is 0 Å². The van der Waals surface area contributed by atoms with E-state index in [1.165, 1.54) is 0 Å². The second-order valence-electron chi connectivity index (χ2n) is 2.88. The van der Waals surface area contributed by atoms with Crippen molar-refractivity contribution in [3.05, 3.63) is 73.6 Å². The van der Waals surface area contributed by atoms with E-state index in [-0.39, 0.29) is 0 Å². The second kappa shape index (κ2) is 5.66. The molecule has 0 N–H and O–H groups in total. The van der Waals surface area contributed by atoms with Crippen LogP contribution in [-0.4, -0.2) is 0 Å². The van der Waals surface area contributed by atoms with Gasteiger partial charge in [0, 0.05) is 0 Å². The fourth-order valence-electron chi connectivity index (χ4n) is 1.07. The fourth-order valence-corrected chi connectivity index (χ4v) is 1.07. The Kier molecular flexibility index (Phi) is 4.17. The van der Waals surface area contributed by atoms with E-state index in [2.05, 4.69) is 19.7 Å². The molecule has 0 aromatic heterocycles. The first-order valence-corrected chi connectivity index (χ1v) is 4.65. The molecule has 1 heteroatoms. The van der Waals surface area contributed by atoms with Crippen LogP contribution in [0.15, 0.2) is 68.0 Å². The minimum absolute atomic E-state index is 0.677. The highest BCUT2D eigenvalue weighted by atomic mass is 16.5. The summed E-state index contributed by atoms with van der Waals surface area (Å²) in [5, 5.41) is 0. The molecule has 0 fully saturated rings. The summed E-state index contributed by atoms with van der Waals surface area (Å²) in [6, 6.07) is 7.66. The number of allylic oxidation sites excluding steroid dienone is 3. The second-order valence-corrected chi connectivity index (χ2v) is 2.88. The van der Waals surface area contributed by atoms with Crippen molar-refractivity contribution in [2.45, 2.75) is 0 Å². The summed E-state index contributed by atoms with van der Waals surface area (Å²) in [6.07, 6.45) is 6.85. The van der Waals surface area contributed by atoms with Gasteiger partial charge in [-0.1, -0.05) is 44.0 Å². The van der Waals surface area contributed by atoms with Crippen LogP contribution in [0.4, 0.5) is 0 Å². The number of hydrogen-bond donors (Lipinski definition) is 0. The first-order valence-electron chi connectivity index (χ1n) is 4.65. The molecule has 15 heavy (non-hydrogen) atoms. The van der Waals surface area contributed by atoms with E-state index in [0.29, 0.717) is 5.76 Å². The van der Waals surface area contributed by atoms with Gasteiger partial charge in [0.1, 0.15) is 11.5 Å².